The normalized spacial score (nSPS) is 12.4. The highest BCUT2D eigenvalue weighted by atomic mass is 32.2. The molecule has 0 saturated heterocycles. The van der Waals surface area contributed by atoms with Crippen LogP contribution in [0, 0.1) is 10.1 Å². The third-order valence-corrected chi connectivity index (χ3v) is 5.34. The van der Waals surface area contributed by atoms with Crippen molar-refractivity contribution in [2.24, 2.45) is 0 Å². The molecule has 1 aromatic rings. The molecule has 184 valence electrons. The van der Waals surface area contributed by atoms with Crippen molar-refractivity contribution >= 4 is 33.7 Å². The summed E-state index contributed by atoms with van der Waals surface area (Å²) in [5, 5.41) is 13.4. The number of nitro groups is 1. The second-order valence-corrected chi connectivity index (χ2v) is 9.51. The van der Waals surface area contributed by atoms with E-state index in [0.29, 0.717) is 0 Å². The number of amides is 2. The summed E-state index contributed by atoms with van der Waals surface area (Å²) in [4.78, 5) is 47.4. The van der Waals surface area contributed by atoms with Crippen molar-refractivity contribution < 1.29 is 37.2 Å². The molecule has 2 N–H and O–H groups in total. The maximum Gasteiger partial charge on any atom is 0.408 e. The molecule has 1 unspecified atom stereocenters. The van der Waals surface area contributed by atoms with E-state index in [0.717, 1.165) is 17.0 Å². The number of sulfonamides is 1. The zero-order valence-electron chi connectivity index (χ0n) is 19.0. The summed E-state index contributed by atoms with van der Waals surface area (Å²) in [7, 11) is -3.18. The highest BCUT2D eigenvalue weighted by Crippen LogP contribution is 2.22. The van der Waals surface area contributed by atoms with Crippen molar-refractivity contribution in [2.45, 2.75) is 44.2 Å². The molecule has 0 aliphatic heterocycles. The van der Waals surface area contributed by atoms with Crippen LogP contribution in [-0.2, 0) is 29.1 Å². The molecule has 0 spiro atoms. The Kier molecular flexibility index (Phi) is 9.73. The number of hydrogen-bond donors (Lipinski definition) is 2. The summed E-state index contributed by atoms with van der Waals surface area (Å²) in [5.74, 6) is -1.52. The van der Waals surface area contributed by atoms with Crippen molar-refractivity contribution in [2.75, 3.05) is 26.7 Å². The highest BCUT2D eigenvalue weighted by Gasteiger charge is 2.31. The maximum absolute atomic E-state index is 12.8. The maximum atomic E-state index is 12.8. The van der Waals surface area contributed by atoms with Crippen LogP contribution in [0.2, 0.25) is 0 Å². The van der Waals surface area contributed by atoms with Crippen molar-refractivity contribution in [1.82, 2.24) is 14.9 Å². The van der Waals surface area contributed by atoms with Crippen LogP contribution in [0.5, 0.6) is 0 Å². The number of nitrogens with zero attached hydrogens (tertiary/aromatic N) is 2. The molecular formula is C19H28N4O9S. The van der Waals surface area contributed by atoms with Gasteiger partial charge in [0.15, 0.2) is 4.90 Å². The molecular weight excluding hydrogens is 460 g/mol. The predicted molar refractivity (Wildman–Crippen MR) is 116 cm³/mol. The zero-order chi connectivity index (χ0) is 25.4. The van der Waals surface area contributed by atoms with E-state index in [4.69, 9.17) is 9.47 Å². The van der Waals surface area contributed by atoms with Crippen LogP contribution in [0.15, 0.2) is 29.2 Å². The van der Waals surface area contributed by atoms with E-state index in [-0.39, 0.29) is 6.61 Å². The van der Waals surface area contributed by atoms with E-state index in [2.05, 4.69) is 10.0 Å². The first kappa shape index (κ1) is 27.8. The molecule has 1 atom stereocenters. The fourth-order valence-corrected chi connectivity index (χ4v) is 3.72. The largest absolute Gasteiger partial charge is 0.465 e. The van der Waals surface area contributed by atoms with E-state index < -0.39 is 68.2 Å². The molecule has 0 aromatic heterocycles. The van der Waals surface area contributed by atoms with Gasteiger partial charge in [-0.25, -0.2) is 17.9 Å². The smallest absolute Gasteiger partial charge is 0.408 e. The highest BCUT2D eigenvalue weighted by molar-refractivity contribution is 7.89. The average molecular weight is 489 g/mol. The van der Waals surface area contributed by atoms with Gasteiger partial charge in [-0.05, 0) is 33.8 Å². The Balaban J connectivity index is 3.11. The fourth-order valence-electron chi connectivity index (χ4n) is 2.50. The van der Waals surface area contributed by atoms with Crippen LogP contribution in [0.3, 0.4) is 0 Å². The van der Waals surface area contributed by atoms with E-state index in [1.165, 1.54) is 19.2 Å². The van der Waals surface area contributed by atoms with Crippen molar-refractivity contribution in [3.8, 4) is 0 Å². The summed E-state index contributed by atoms with van der Waals surface area (Å²) in [6, 6.07) is 3.17. The van der Waals surface area contributed by atoms with Gasteiger partial charge in [0.05, 0.1) is 11.5 Å². The number of ether oxygens (including phenoxy) is 2. The van der Waals surface area contributed by atoms with E-state index in [1.807, 2.05) is 0 Å². The molecule has 0 heterocycles. The number of likely N-dealkylation sites (N-methyl/N-ethyl adjacent to an activating group) is 1. The van der Waals surface area contributed by atoms with Crippen LogP contribution < -0.4 is 10.0 Å². The number of hydrogen-bond acceptors (Lipinski definition) is 9. The number of para-hydroxylation sites is 1. The number of rotatable bonds is 10. The molecule has 13 nitrogen and oxygen atoms in total. The molecule has 2 amide bonds. The van der Waals surface area contributed by atoms with Crippen LogP contribution in [0.1, 0.15) is 27.7 Å². The monoisotopic (exact) mass is 488 g/mol. The zero-order valence-corrected chi connectivity index (χ0v) is 19.8. The summed E-state index contributed by atoms with van der Waals surface area (Å²) in [5.41, 5.74) is -1.56. The van der Waals surface area contributed by atoms with Gasteiger partial charge < -0.3 is 19.7 Å². The van der Waals surface area contributed by atoms with Gasteiger partial charge in [-0.3, -0.25) is 19.7 Å². The Bertz CT molecular complexity index is 989. The Morgan fingerprint density at radius 3 is 2.36 bits per heavy atom. The molecule has 0 aliphatic rings. The second kappa shape index (κ2) is 11.6. The number of carbonyl (C=O) groups excluding carboxylic acids is 3. The topological polar surface area (TPSA) is 174 Å². The Labute approximate surface area is 191 Å². The van der Waals surface area contributed by atoms with Crippen LogP contribution in [0.4, 0.5) is 10.5 Å². The van der Waals surface area contributed by atoms with Gasteiger partial charge >= 0.3 is 12.1 Å². The quantitative estimate of drug-likeness (QED) is 0.274. The summed E-state index contributed by atoms with van der Waals surface area (Å²) in [6.07, 6.45) is -1.00. The lowest BCUT2D eigenvalue weighted by atomic mass is 10.2. The van der Waals surface area contributed by atoms with E-state index in [9.17, 15) is 32.9 Å². The average Bonchev–Trinajstić information content (AvgIpc) is 2.69. The Morgan fingerprint density at radius 1 is 1.21 bits per heavy atom. The van der Waals surface area contributed by atoms with E-state index in [1.54, 1.807) is 27.7 Å². The molecule has 0 fully saturated rings. The minimum absolute atomic E-state index is 0.0934. The van der Waals surface area contributed by atoms with Crippen LogP contribution >= 0.6 is 0 Å². The fraction of sp³-hybridized carbons (Fsp3) is 0.526. The third kappa shape index (κ3) is 9.02. The third-order valence-electron chi connectivity index (χ3n) is 3.87. The molecule has 14 heteroatoms. The number of nitro benzene ring substituents is 1. The van der Waals surface area contributed by atoms with Crippen molar-refractivity contribution in [1.29, 1.82) is 0 Å². The van der Waals surface area contributed by atoms with Crippen LogP contribution in [-0.4, -0.2) is 74.6 Å². The summed E-state index contributed by atoms with van der Waals surface area (Å²) < 4.78 is 37.3. The van der Waals surface area contributed by atoms with Gasteiger partial charge in [0, 0.05) is 19.7 Å². The number of carbonyl (C=O) groups is 3. The molecule has 0 radical (unpaired) electrons. The Hall–Kier alpha value is -3.26. The number of esters is 1. The number of benzene rings is 1. The van der Waals surface area contributed by atoms with Gasteiger partial charge in [-0.2, -0.15) is 0 Å². The SMILES string of the molecule is CCOC(=O)CN(C)C(=O)C(CNS(=O)(=O)c1ccccc1[N+](=O)[O-])NC(=O)OC(C)(C)C. The van der Waals surface area contributed by atoms with Crippen molar-refractivity contribution in [3.05, 3.63) is 34.4 Å². The second-order valence-electron chi connectivity index (χ2n) is 7.77. The molecule has 1 aromatic carbocycles. The Morgan fingerprint density at radius 2 is 1.82 bits per heavy atom. The number of nitrogens with one attached hydrogen (secondary N) is 2. The summed E-state index contributed by atoms with van der Waals surface area (Å²) in [6.45, 7) is 5.34. The molecule has 1 rings (SSSR count). The minimum Gasteiger partial charge on any atom is -0.465 e. The van der Waals surface area contributed by atoms with Gasteiger partial charge in [0.25, 0.3) is 5.69 Å². The standard InChI is InChI=1S/C19H28N4O9S/c1-6-31-16(24)12-22(5)17(25)13(21-18(26)32-19(2,3)4)11-20-33(29,30)15-10-8-7-9-14(15)23(27)28/h7-10,13,20H,6,11-12H2,1-5H3,(H,21,26). The van der Waals surface area contributed by atoms with Gasteiger partial charge in [-0.15, -0.1) is 0 Å². The van der Waals surface area contributed by atoms with Gasteiger partial charge in [0.2, 0.25) is 15.9 Å². The molecule has 0 aliphatic carbocycles. The first-order valence-electron chi connectivity index (χ1n) is 9.81. The first-order chi connectivity index (χ1) is 15.2. The molecule has 0 saturated carbocycles. The summed E-state index contributed by atoms with van der Waals surface area (Å²) >= 11 is 0. The first-order valence-corrected chi connectivity index (χ1v) is 11.3. The van der Waals surface area contributed by atoms with E-state index >= 15 is 0 Å². The number of alkyl carbamates (subject to hydrolysis) is 1. The molecule has 0 bridgehead atoms. The van der Waals surface area contributed by atoms with Crippen molar-refractivity contribution in [3.63, 3.8) is 0 Å². The van der Waals surface area contributed by atoms with Gasteiger partial charge in [-0.1, -0.05) is 12.1 Å². The lowest BCUT2D eigenvalue weighted by Gasteiger charge is -2.26. The van der Waals surface area contributed by atoms with Crippen LogP contribution in [0.25, 0.3) is 0 Å². The molecule has 33 heavy (non-hydrogen) atoms. The van der Waals surface area contributed by atoms with Gasteiger partial charge in [0.1, 0.15) is 18.2 Å². The predicted octanol–water partition coefficient (Wildman–Crippen LogP) is 0.788. The lowest BCUT2D eigenvalue weighted by Crippen LogP contribution is -2.54. The lowest BCUT2D eigenvalue weighted by molar-refractivity contribution is -0.387. The minimum atomic E-state index is -4.44.